The molecular weight excluding hydrogens is 478 g/mol. The maximum Gasteiger partial charge on any atom is 0.269 e. The lowest BCUT2D eigenvalue weighted by Gasteiger charge is -2.20. The summed E-state index contributed by atoms with van der Waals surface area (Å²) in [6.07, 6.45) is 0.588. The van der Waals surface area contributed by atoms with E-state index < -0.39 is 21.8 Å². The molecule has 1 aliphatic heterocycles. The predicted molar refractivity (Wildman–Crippen MR) is 129 cm³/mol. The normalized spacial score (nSPS) is 12.7. The third kappa shape index (κ3) is 4.71. The van der Waals surface area contributed by atoms with Crippen LogP contribution in [0.2, 0.25) is 5.02 Å². The van der Waals surface area contributed by atoms with Crippen molar-refractivity contribution in [1.82, 2.24) is 10.9 Å². The number of hydrazine groups is 1. The molecule has 8 nitrogen and oxygen atoms in total. The fraction of sp³-hybridized carbons (Fsp3) is 0.167. The Morgan fingerprint density at radius 3 is 2.32 bits per heavy atom. The van der Waals surface area contributed by atoms with Gasteiger partial charge in [-0.2, -0.15) is 0 Å². The number of nitrogens with zero attached hydrogens (tertiary/aromatic N) is 1. The number of anilines is 1. The Morgan fingerprint density at radius 2 is 1.62 bits per heavy atom. The van der Waals surface area contributed by atoms with Crippen molar-refractivity contribution in [2.75, 3.05) is 17.5 Å². The first kappa shape index (κ1) is 23.6. The Balaban J connectivity index is 1.49. The van der Waals surface area contributed by atoms with Gasteiger partial charge in [0.1, 0.15) is 10.6 Å². The molecule has 1 aliphatic rings. The fourth-order valence-corrected chi connectivity index (χ4v) is 5.65. The van der Waals surface area contributed by atoms with E-state index >= 15 is 0 Å². The van der Waals surface area contributed by atoms with Gasteiger partial charge in [0.15, 0.2) is 0 Å². The van der Waals surface area contributed by atoms with Gasteiger partial charge in [0.2, 0.25) is 0 Å². The van der Waals surface area contributed by atoms with Gasteiger partial charge in [-0.3, -0.25) is 24.7 Å². The summed E-state index contributed by atoms with van der Waals surface area (Å²) in [6.45, 7) is 2.64. The van der Waals surface area contributed by atoms with E-state index in [1.54, 1.807) is 36.4 Å². The van der Waals surface area contributed by atoms with E-state index in [4.69, 9.17) is 16.3 Å². The average Bonchev–Trinajstić information content (AvgIpc) is 3.28. The maximum absolute atomic E-state index is 13.3. The highest BCUT2D eigenvalue weighted by molar-refractivity contribution is 7.93. The minimum atomic E-state index is -4.00. The van der Waals surface area contributed by atoms with Gasteiger partial charge in [0.25, 0.3) is 21.8 Å². The topological polar surface area (TPSA) is 105 Å². The summed E-state index contributed by atoms with van der Waals surface area (Å²) in [6, 6.07) is 17.6. The molecule has 0 aliphatic carbocycles. The Labute approximate surface area is 202 Å². The zero-order chi connectivity index (χ0) is 24.3. The van der Waals surface area contributed by atoms with Gasteiger partial charge < -0.3 is 4.74 Å². The molecule has 34 heavy (non-hydrogen) atoms. The molecule has 0 fully saturated rings. The van der Waals surface area contributed by atoms with E-state index in [1.807, 2.05) is 19.1 Å². The van der Waals surface area contributed by atoms with Crippen molar-refractivity contribution < 1.29 is 22.7 Å². The Kier molecular flexibility index (Phi) is 6.76. The van der Waals surface area contributed by atoms with Gasteiger partial charge in [-0.1, -0.05) is 29.8 Å². The third-order valence-electron chi connectivity index (χ3n) is 5.32. The van der Waals surface area contributed by atoms with E-state index in [0.29, 0.717) is 30.0 Å². The number of fused-ring (bicyclic) bond motifs is 1. The number of carbonyl (C=O) groups excluding carboxylic acids is 2. The molecule has 2 amide bonds. The van der Waals surface area contributed by atoms with Crippen LogP contribution in [0.5, 0.6) is 5.75 Å². The monoisotopic (exact) mass is 499 g/mol. The van der Waals surface area contributed by atoms with Gasteiger partial charge in [-0.05, 0) is 67.4 Å². The van der Waals surface area contributed by atoms with Gasteiger partial charge in [-0.25, -0.2) is 8.42 Å². The number of ether oxygens (including phenoxy) is 1. The second-order valence-corrected chi connectivity index (χ2v) is 9.70. The first-order chi connectivity index (χ1) is 16.3. The van der Waals surface area contributed by atoms with Crippen LogP contribution in [-0.2, 0) is 16.4 Å². The molecule has 0 atom stereocenters. The van der Waals surface area contributed by atoms with E-state index in [9.17, 15) is 18.0 Å². The number of sulfonamides is 1. The summed E-state index contributed by atoms with van der Waals surface area (Å²) in [5.74, 6) is -0.597. The predicted octanol–water partition coefficient (Wildman–Crippen LogP) is 3.56. The number of halogens is 1. The number of para-hydroxylation sites is 1. The van der Waals surface area contributed by atoms with Crippen LogP contribution in [0.25, 0.3) is 0 Å². The summed E-state index contributed by atoms with van der Waals surface area (Å²) in [5.41, 5.74) is 6.48. The zero-order valence-corrected chi connectivity index (χ0v) is 19.8. The minimum Gasteiger partial charge on any atom is -0.494 e. The Hall–Kier alpha value is -3.56. The number of amides is 2. The third-order valence-corrected chi connectivity index (χ3v) is 7.62. The second kappa shape index (κ2) is 9.74. The van der Waals surface area contributed by atoms with Crippen molar-refractivity contribution in [2.45, 2.75) is 18.2 Å². The lowest BCUT2D eigenvalue weighted by molar-refractivity contribution is 0.0846. The molecule has 3 aromatic rings. The number of hydrogen-bond donors (Lipinski definition) is 2. The molecule has 4 rings (SSSR count). The highest BCUT2D eigenvalue weighted by Crippen LogP contribution is 2.35. The number of benzene rings is 3. The van der Waals surface area contributed by atoms with Crippen LogP contribution in [0.3, 0.4) is 0 Å². The first-order valence-corrected chi connectivity index (χ1v) is 12.4. The lowest BCUT2D eigenvalue weighted by Crippen LogP contribution is -2.41. The van der Waals surface area contributed by atoms with Crippen molar-refractivity contribution in [3.63, 3.8) is 0 Å². The molecule has 0 aromatic heterocycles. The van der Waals surface area contributed by atoms with E-state index in [0.717, 1.165) is 5.56 Å². The van der Waals surface area contributed by atoms with Crippen molar-refractivity contribution in [2.24, 2.45) is 0 Å². The summed E-state index contributed by atoms with van der Waals surface area (Å²) < 4.78 is 33.3. The van der Waals surface area contributed by atoms with Gasteiger partial charge in [0.05, 0.1) is 17.3 Å². The summed E-state index contributed by atoms with van der Waals surface area (Å²) in [7, 11) is -4.00. The van der Waals surface area contributed by atoms with Crippen molar-refractivity contribution in [3.05, 3.63) is 88.4 Å². The summed E-state index contributed by atoms with van der Waals surface area (Å²) >= 11 is 6.22. The minimum absolute atomic E-state index is 0.000598. The molecule has 2 N–H and O–H groups in total. The standard InChI is InChI=1S/C24H22ClN3O5S/c1-2-33-19-10-7-17(8-11-19)23(29)26-27-24(30)18-9-12-20(25)22(15-18)34(31,32)28-14-13-16-5-3-4-6-21(16)28/h3-12,15H,2,13-14H2,1H3,(H,26,29)(H,27,30). The van der Waals surface area contributed by atoms with Crippen LogP contribution >= 0.6 is 11.6 Å². The number of carbonyl (C=O) groups is 2. The second-order valence-electron chi connectivity index (χ2n) is 7.47. The van der Waals surface area contributed by atoms with Gasteiger partial charge >= 0.3 is 0 Å². The van der Waals surface area contributed by atoms with E-state index in [2.05, 4.69) is 10.9 Å². The SMILES string of the molecule is CCOc1ccc(C(=O)NNC(=O)c2ccc(Cl)c(S(=O)(=O)N3CCc4ccccc43)c2)cc1. The largest absolute Gasteiger partial charge is 0.494 e. The molecular formula is C24H22ClN3O5S. The molecule has 0 saturated carbocycles. The molecule has 3 aromatic carbocycles. The highest BCUT2D eigenvalue weighted by Gasteiger charge is 2.32. The molecule has 0 radical (unpaired) electrons. The van der Waals surface area contributed by atoms with Crippen molar-refractivity contribution in [3.8, 4) is 5.75 Å². The van der Waals surface area contributed by atoms with Crippen LogP contribution in [0.15, 0.2) is 71.6 Å². The fourth-order valence-electron chi connectivity index (χ4n) is 3.65. The quantitative estimate of drug-likeness (QED) is 0.504. The lowest BCUT2D eigenvalue weighted by atomic mass is 10.2. The first-order valence-electron chi connectivity index (χ1n) is 10.5. The van der Waals surface area contributed by atoms with Crippen molar-refractivity contribution in [1.29, 1.82) is 0 Å². The molecule has 176 valence electrons. The maximum atomic E-state index is 13.3. The van der Waals surface area contributed by atoms with Crippen molar-refractivity contribution >= 4 is 39.1 Å². The zero-order valence-electron chi connectivity index (χ0n) is 18.2. The molecule has 0 unspecified atom stereocenters. The van der Waals surface area contributed by atoms with Gasteiger partial charge in [-0.15, -0.1) is 0 Å². The van der Waals surface area contributed by atoms with Crippen LogP contribution in [0, 0.1) is 0 Å². The molecule has 1 heterocycles. The highest BCUT2D eigenvalue weighted by atomic mass is 35.5. The van der Waals surface area contributed by atoms with Crippen LogP contribution < -0.4 is 19.9 Å². The molecule has 0 bridgehead atoms. The summed E-state index contributed by atoms with van der Waals surface area (Å²) in [5, 5.41) is -0.000598. The Morgan fingerprint density at radius 1 is 0.971 bits per heavy atom. The molecule has 0 spiro atoms. The molecule has 0 saturated heterocycles. The molecule has 10 heteroatoms. The number of hydrogen-bond acceptors (Lipinski definition) is 5. The van der Waals surface area contributed by atoms with E-state index in [1.165, 1.54) is 22.5 Å². The average molecular weight is 500 g/mol. The van der Waals surface area contributed by atoms with E-state index in [-0.39, 0.29) is 22.0 Å². The van der Waals surface area contributed by atoms with Crippen LogP contribution in [-0.4, -0.2) is 33.4 Å². The Bertz CT molecular complexity index is 1340. The smallest absolute Gasteiger partial charge is 0.269 e. The summed E-state index contributed by atoms with van der Waals surface area (Å²) in [4.78, 5) is 24.8. The van der Waals surface area contributed by atoms with Crippen LogP contribution in [0.1, 0.15) is 33.2 Å². The van der Waals surface area contributed by atoms with Crippen LogP contribution in [0.4, 0.5) is 5.69 Å². The number of nitrogens with one attached hydrogen (secondary N) is 2. The van der Waals surface area contributed by atoms with Gasteiger partial charge in [0, 0.05) is 17.7 Å². The number of rotatable bonds is 6.